The van der Waals surface area contributed by atoms with Crippen molar-refractivity contribution in [2.75, 3.05) is 13.7 Å². The number of amides is 2. The van der Waals surface area contributed by atoms with E-state index in [1.54, 1.807) is 30.5 Å². The molecule has 1 aromatic heterocycles. The summed E-state index contributed by atoms with van der Waals surface area (Å²) in [6, 6.07) is 9.41. The predicted molar refractivity (Wildman–Crippen MR) is 94.8 cm³/mol. The molecule has 0 saturated carbocycles. The standard InChI is InChI=1S/C19H21N3O4/c1-26-18-13(6-4-10-20-18)12-21-17(24)15-8-5-11-22(15)19(25)14-7-2-3-9-16(14)23/h2-4,6-7,9-10,15,23H,5,8,11-12H2,1H3,(H,21,24)/t15-/m1/s1. The highest BCUT2D eigenvalue weighted by Crippen LogP contribution is 2.24. The Bertz CT molecular complexity index is 809. The number of likely N-dealkylation sites (tertiary alicyclic amines) is 1. The number of phenols is 1. The Morgan fingerprint density at radius 2 is 2.12 bits per heavy atom. The van der Waals surface area contributed by atoms with Gasteiger partial charge in [0.2, 0.25) is 11.8 Å². The minimum atomic E-state index is -0.551. The molecule has 0 unspecified atom stereocenters. The monoisotopic (exact) mass is 355 g/mol. The highest BCUT2D eigenvalue weighted by Gasteiger charge is 2.35. The lowest BCUT2D eigenvalue weighted by atomic mass is 10.1. The van der Waals surface area contributed by atoms with Gasteiger partial charge in [-0.05, 0) is 31.0 Å². The minimum Gasteiger partial charge on any atom is -0.507 e. The topological polar surface area (TPSA) is 91.8 Å². The first kappa shape index (κ1) is 17.7. The molecule has 1 saturated heterocycles. The van der Waals surface area contributed by atoms with Gasteiger partial charge in [0.15, 0.2) is 0 Å². The van der Waals surface area contributed by atoms with Crippen LogP contribution in [0.1, 0.15) is 28.8 Å². The number of hydrogen-bond donors (Lipinski definition) is 2. The van der Waals surface area contributed by atoms with Crippen LogP contribution < -0.4 is 10.1 Å². The average molecular weight is 355 g/mol. The number of benzene rings is 1. The molecule has 0 radical (unpaired) electrons. The Balaban J connectivity index is 1.69. The number of nitrogens with one attached hydrogen (secondary N) is 1. The van der Waals surface area contributed by atoms with Crippen LogP contribution in [0.5, 0.6) is 11.6 Å². The Morgan fingerprint density at radius 1 is 1.31 bits per heavy atom. The van der Waals surface area contributed by atoms with Gasteiger partial charge in [-0.15, -0.1) is 0 Å². The first-order valence-electron chi connectivity index (χ1n) is 8.46. The number of ether oxygens (including phenoxy) is 1. The van der Waals surface area contributed by atoms with Gasteiger partial charge in [-0.2, -0.15) is 0 Å². The summed E-state index contributed by atoms with van der Waals surface area (Å²) in [5.41, 5.74) is 0.973. The molecule has 2 heterocycles. The van der Waals surface area contributed by atoms with Crippen molar-refractivity contribution < 1.29 is 19.4 Å². The Kier molecular flexibility index (Phi) is 5.36. The lowest BCUT2D eigenvalue weighted by Crippen LogP contribution is -2.45. The fourth-order valence-electron chi connectivity index (χ4n) is 3.13. The fraction of sp³-hybridized carbons (Fsp3) is 0.316. The first-order chi connectivity index (χ1) is 12.6. The number of nitrogens with zero attached hydrogens (tertiary/aromatic N) is 2. The second kappa shape index (κ2) is 7.86. The third-order valence-electron chi connectivity index (χ3n) is 4.45. The molecular formula is C19H21N3O4. The molecule has 1 aliphatic heterocycles. The number of aromatic hydroxyl groups is 1. The van der Waals surface area contributed by atoms with Crippen LogP contribution in [0.4, 0.5) is 0 Å². The number of phenolic OH excluding ortho intramolecular Hbond substituents is 1. The highest BCUT2D eigenvalue weighted by atomic mass is 16.5. The smallest absolute Gasteiger partial charge is 0.258 e. The van der Waals surface area contributed by atoms with Gasteiger partial charge in [0.25, 0.3) is 5.91 Å². The summed E-state index contributed by atoms with van der Waals surface area (Å²) in [6.07, 6.45) is 2.96. The maximum Gasteiger partial charge on any atom is 0.258 e. The molecule has 26 heavy (non-hydrogen) atoms. The molecule has 3 rings (SSSR count). The Hall–Kier alpha value is -3.09. The Morgan fingerprint density at radius 3 is 2.88 bits per heavy atom. The molecular weight excluding hydrogens is 334 g/mol. The van der Waals surface area contributed by atoms with Gasteiger partial charge in [0.05, 0.1) is 12.7 Å². The number of rotatable bonds is 5. The maximum absolute atomic E-state index is 12.7. The van der Waals surface area contributed by atoms with E-state index in [9.17, 15) is 14.7 Å². The van der Waals surface area contributed by atoms with Crippen molar-refractivity contribution in [3.8, 4) is 11.6 Å². The van der Waals surface area contributed by atoms with Crippen LogP contribution in [0.3, 0.4) is 0 Å². The fourth-order valence-corrected chi connectivity index (χ4v) is 3.13. The predicted octanol–water partition coefficient (Wildman–Crippen LogP) is 1.72. The van der Waals surface area contributed by atoms with Gasteiger partial charge < -0.3 is 20.1 Å². The second-order valence-electron chi connectivity index (χ2n) is 6.06. The molecule has 136 valence electrons. The number of methoxy groups -OCH3 is 1. The van der Waals surface area contributed by atoms with E-state index in [1.165, 1.54) is 18.1 Å². The molecule has 1 fully saturated rings. The molecule has 2 amide bonds. The van der Waals surface area contributed by atoms with E-state index < -0.39 is 6.04 Å². The Labute approximate surface area is 151 Å². The lowest BCUT2D eigenvalue weighted by molar-refractivity contribution is -0.125. The molecule has 7 heteroatoms. The van der Waals surface area contributed by atoms with Crippen molar-refractivity contribution in [1.82, 2.24) is 15.2 Å². The number of carbonyl (C=O) groups excluding carboxylic acids is 2. The van der Waals surface area contributed by atoms with Gasteiger partial charge in [0.1, 0.15) is 11.8 Å². The van der Waals surface area contributed by atoms with Crippen LogP contribution in [-0.2, 0) is 11.3 Å². The molecule has 7 nitrogen and oxygen atoms in total. The quantitative estimate of drug-likeness (QED) is 0.852. The van der Waals surface area contributed by atoms with Crippen LogP contribution >= 0.6 is 0 Å². The van der Waals surface area contributed by atoms with Crippen molar-refractivity contribution in [3.05, 3.63) is 53.7 Å². The van der Waals surface area contributed by atoms with E-state index in [1.807, 2.05) is 6.07 Å². The maximum atomic E-state index is 12.7. The highest BCUT2D eigenvalue weighted by molar-refractivity contribution is 5.99. The van der Waals surface area contributed by atoms with Crippen molar-refractivity contribution in [3.63, 3.8) is 0 Å². The van der Waals surface area contributed by atoms with E-state index in [0.717, 1.165) is 12.0 Å². The SMILES string of the molecule is COc1ncccc1CNC(=O)[C@H]1CCCN1C(=O)c1ccccc1O. The number of hydrogen-bond acceptors (Lipinski definition) is 5. The van der Waals surface area contributed by atoms with E-state index in [0.29, 0.717) is 18.8 Å². The van der Waals surface area contributed by atoms with Crippen LogP contribution in [0.25, 0.3) is 0 Å². The van der Waals surface area contributed by atoms with Gasteiger partial charge in [-0.3, -0.25) is 9.59 Å². The lowest BCUT2D eigenvalue weighted by Gasteiger charge is -2.24. The summed E-state index contributed by atoms with van der Waals surface area (Å²) in [6.45, 7) is 0.756. The normalized spacial score (nSPS) is 16.3. The van der Waals surface area contributed by atoms with E-state index in [2.05, 4.69) is 10.3 Å². The zero-order valence-electron chi connectivity index (χ0n) is 14.5. The molecule has 1 aliphatic rings. The number of aromatic nitrogens is 1. The van der Waals surface area contributed by atoms with E-state index >= 15 is 0 Å². The van der Waals surface area contributed by atoms with Crippen molar-refractivity contribution in [2.45, 2.75) is 25.4 Å². The van der Waals surface area contributed by atoms with E-state index in [-0.39, 0.29) is 29.7 Å². The summed E-state index contributed by atoms with van der Waals surface area (Å²) < 4.78 is 5.18. The molecule has 2 N–H and O–H groups in total. The van der Waals surface area contributed by atoms with Crippen molar-refractivity contribution >= 4 is 11.8 Å². The summed E-state index contributed by atoms with van der Waals surface area (Å²) in [4.78, 5) is 31.0. The van der Waals surface area contributed by atoms with Crippen LogP contribution in [0.2, 0.25) is 0 Å². The first-order valence-corrected chi connectivity index (χ1v) is 8.46. The second-order valence-corrected chi connectivity index (χ2v) is 6.06. The minimum absolute atomic E-state index is 0.0799. The summed E-state index contributed by atoms with van der Waals surface area (Å²) in [5, 5.41) is 12.8. The van der Waals surface area contributed by atoms with Crippen LogP contribution in [-0.4, -0.2) is 46.5 Å². The average Bonchev–Trinajstić information content (AvgIpc) is 3.16. The zero-order chi connectivity index (χ0) is 18.5. The van der Waals surface area contributed by atoms with Gasteiger partial charge in [-0.25, -0.2) is 4.98 Å². The molecule has 1 aromatic carbocycles. The van der Waals surface area contributed by atoms with Crippen molar-refractivity contribution in [1.29, 1.82) is 0 Å². The van der Waals surface area contributed by atoms with Crippen molar-refractivity contribution in [2.24, 2.45) is 0 Å². The molecule has 0 bridgehead atoms. The summed E-state index contributed by atoms with van der Waals surface area (Å²) >= 11 is 0. The molecule has 0 aliphatic carbocycles. The third-order valence-corrected chi connectivity index (χ3v) is 4.45. The summed E-state index contributed by atoms with van der Waals surface area (Å²) in [7, 11) is 1.53. The van der Waals surface area contributed by atoms with Crippen LogP contribution in [0.15, 0.2) is 42.6 Å². The molecule has 1 atom stereocenters. The number of pyridine rings is 1. The van der Waals surface area contributed by atoms with Crippen LogP contribution in [0, 0.1) is 0 Å². The molecule has 2 aromatic rings. The van der Waals surface area contributed by atoms with Gasteiger partial charge in [0, 0.05) is 24.8 Å². The largest absolute Gasteiger partial charge is 0.507 e. The number of para-hydroxylation sites is 1. The number of carbonyl (C=O) groups is 2. The third kappa shape index (κ3) is 3.61. The van der Waals surface area contributed by atoms with Gasteiger partial charge in [-0.1, -0.05) is 18.2 Å². The molecule has 0 spiro atoms. The van der Waals surface area contributed by atoms with E-state index in [4.69, 9.17) is 4.74 Å². The zero-order valence-corrected chi connectivity index (χ0v) is 14.5. The summed E-state index contributed by atoms with van der Waals surface area (Å²) in [5.74, 6) is -0.179. The van der Waals surface area contributed by atoms with Gasteiger partial charge >= 0.3 is 0 Å².